The number of piperazine rings is 1. The summed E-state index contributed by atoms with van der Waals surface area (Å²) in [4.78, 5) is 19.5. The fourth-order valence-electron chi connectivity index (χ4n) is 4.82. The number of carbonyl (C=O) groups is 1. The Balaban J connectivity index is 1.21. The van der Waals surface area contributed by atoms with Crippen LogP contribution in [0, 0.1) is 0 Å². The second-order valence-corrected chi connectivity index (χ2v) is 7.57. The summed E-state index contributed by atoms with van der Waals surface area (Å²) < 4.78 is 0. The van der Waals surface area contributed by atoms with Gasteiger partial charge in [0, 0.05) is 57.9 Å². The van der Waals surface area contributed by atoms with Gasteiger partial charge in [-0.3, -0.25) is 19.5 Å². The summed E-state index contributed by atoms with van der Waals surface area (Å²) in [5.74, 6) is 0.251. The van der Waals surface area contributed by atoms with Crippen molar-refractivity contribution < 1.29 is 4.79 Å². The van der Waals surface area contributed by atoms with Crippen molar-refractivity contribution in [3.8, 4) is 0 Å². The Bertz CT molecular complexity index is 395. The van der Waals surface area contributed by atoms with E-state index >= 15 is 0 Å². The van der Waals surface area contributed by atoms with Crippen LogP contribution in [0.1, 0.15) is 38.5 Å². The Morgan fingerprint density at radius 1 is 0.773 bits per heavy atom. The van der Waals surface area contributed by atoms with E-state index in [1.165, 1.54) is 58.3 Å². The molecular weight excluding hydrogens is 276 g/mol. The van der Waals surface area contributed by atoms with Gasteiger partial charge in [0.1, 0.15) is 0 Å². The van der Waals surface area contributed by atoms with Crippen molar-refractivity contribution in [3.63, 3.8) is 0 Å². The molecule has 3 aliphatic heterocycles. The van der Waals surface area contributed by atoms with Crippen LogP contribution in [0.5, 0.6) is 0 Å². The molecule has 0 spiro atoms. The van der Waals surface area contributed by atoms with E-state index in [0.29, 0.717) is 6.04 Å². The first kappa shape index (κ1) is 14.9. The molecule has 1 atom stereocenters. The van der Waals surface area contributed by atoms with E-state index in [9.17, 15) is 4.79 Å². The minimum atomic E-state index is 0.166. The normalized spacial score (nSPS) is 33.8. The molecule has 5 heteroatoms. The summed E-state index contributed by atoms with van der Waals surface area (Å²) in [5.41, 5.74) is 0. The van der Waals surface area contributed by atoms with Crippen LogP contribution in [0.3, 0.4) is 0 Å². The topological polar surface area (TPSA) is 38.8 Å². The highest BCUT2D eigenvalue weighted by molar-refractivity contribution is 5.83. The predicted octanol–water partition coefficient (Wildman–Crippen LogP) is 0.509. The molecule has 1 amide bonds. The molecule has 4 aliphatic rings. The van der Waals surface area contributed by atoms with Gasteiger partial charge in [-0.15, -0.1) is 0 Å². The van der Waals surface area contributed by atoms with Gasteiger partial charge in [-0.25, -0.2) is 0 Å². The zero-order valence-electron chi connectivity index (χ0n) is 13.7. The van der Waals surface area contributed by atoms with Crippen molar-refractivity contribution in [2.45, 2.75) is 56.7 Å². The van der Waals surface area contributed by atoms with Crippen molar-refractivity contribution in [1.82, 2.24) is 20.0 Å². The van der Waals surface area contributed by atoms with Crippen molar-refractivity contribution in [2.24, 2.45) is 0 Å². The number of nitrogens with zero attached hydrogens (tertiary/aromatic N) is 3. The van der Waals surface area contributed by atoms with Crippen LogP contribution < -0.4 is 5.32 Å². The van der Waals surface area contributed by atoms with E-state index in [0.717, 1.165) is 32.1 Å². The molecule has 0 radical (unpaired) electrons. The Labute approximate surface area is 134 Å². The summed E-state index contributed by atoms with van der Waals surface area (Å²) in [7, 11) is 0. The van der Waals surface area contributed by atoms with Crippen LogP contribution in [0.15, 0.2) is 0 Å². The molecule has 124 valence electrons. The molecule has 1 N–H and O–H groups in total. The van der Waals surface area contributed by atoms with Crippen molar-refractivity contribution in [3.05, 3.63) is 0 Å². The smallest absolute Gasteiger partial charge is 0.237 e. The van der Waals surface area contributed by atoms with Gasteiger partial charge in [0.25, 0.3) is 0 Å². The molecule has 4 fully saturated rings. The first-order valence-corrected chi connectivity index (χ1v) is 9.31. The molecule has 1 unspecified atom stereocenters. The predicted molar refractivity (Wildman–Crippen MR) is 86.8 cm³/mol. The molecular formula is C17H30N4O. The van der Waals surface area contributed by atoms with E-state index in [4.69, 9.17) is 0 Å². The maximum Gasteiger partial charge on any atom is 0.237 e. The zero-order valence-corrected chi connectivity index (χ0v) is 13.7. The molecule has 0 aromatic heterocycles. The molecule has 4 rings (SSSR count). The number of carbonyl (C=O) groups excluding carboxylic acids is 1. The summed E-state index contributed by atoms with van der Waals surface area (Å²) in [6.45, 7) is 8.03. The van der Waals surface area contributed by atoms with Crippen molar-refractivity contribution in [1.29, 1.82) is 0 Å². The fourth-order valence-corrected chi connectivity index (χ4v) is 4.82. The van der Waals surface area contributed by atoms with Crippen LogP contribution in [0.2, 0.25) is 0 Å². The standard InChI is InChI=1S/C17H30N4O/c22-17-16(6-7-18-17)21-12-15(13-21)20-10-8-19(9-11-20)14-4-2-1-3-5-14/h14-16H,1-13H2,(H,18,22). The molecule has 0 aromatic rings. The van der Waals surface area contributed by atoms with Crippen LogP contribution in [0.25, 0.3) is 0 Å². The first-order valence-electron chi connectivity index (χ1n) is 9.31. The minimum absolute atomic E-state index is 0.166. The lowest BCUT2D eigenvalue weighted by molar-refractivity contribution is -0.127. The second-order valence-electron chi connectivity index (χ2n) is 7.57. The quantitative estimate of drug-likeness (QED) is 0.825. The van der Waals surface area contributed by atoms with Gasteiger partial charge in [0.05, 0.1) is 6.04 Å². The maximum absolute atomic E-state index is 11.7. The molecule has 1 saturated carbocycles. The third-order valence-corrected chi connectivity index (χ3v) is 6.31. The number of amides is 1. The number of rotatable bonds is 3. The van der Waals surface area contributed by atoms with E-state index in [1.54, 1.807) is 0 Å². The molecule has 3 saturated heterocycles. The van der Waals surface area contributed by atoms with Crippen LogP contribution in [-0.4, -0.2) is 84.5 Å². The van der Waals surface area contributed by atoms with Gasteiger partial charge in [0.2, 0.25) is 5.91 Å². The van der Waals surface area contributed by atoms with Gasteiger partial charge >= 0.3 is 0 Å². The molecule has 3 heterocycles. The molecule has 1 aliphatic carbocycles. The summed E-state index contributed by atoms with van der Waals surface area (Å²) >= 11 is 0. The van der Waals surface area contributed by atoms with Gasteiger partial charge in [0.15, 0.2) is 0 Å². The summed E-state index contributed by atoms with van der Waals surface area (Å²) in [5, 5.41) is 2.95. The van der Waals surface area contributed by atoms with E-state index in [-0.39, 0.29) is 11.9 Å². The Kier molecular flexibility index (Phi) is 4.38. The van der Waals surface area contributed by atoms with Gasteiger partial charge in [-0.1, -0.05) is 19.3 Å². The van der Waals surface area contributed by atoms with E-state index in [2.05, 4.69) is 20.0 Å². The highest BCUT2D eigenvalue weighted by Gasteiger charge is 2.41. The highest BCUT2D eigenvalue weighted by Crippen LogP contribution is 2.26. The zero-order chi connectivity index (χ0) is 14.9. The number of nitrogens with one attached hydrogen (secondary N) is 1. The highest BCUT2D eigenvalue weighted by atomic mass is 16.2. The third kappa shape index (κ3) is 2.91. The molecule has 5 nitrogen and oxygen atoms in total. The second kappa shape index (κ2) is 6.46. The minimum Gasteiger partial charge on any atom is -0.355 e. The monoisotopic (exact) mass is 306 g/mol. The van der Waals surface area contributed by atoms with Crippen LogP contribution >= 0.6 is 0 Å². The van der Waals surface area contributed by atoms with Crippen molar-refractivity contribution in [2.75, 3.05) is 45.8 Å². The lowest BCUT2D eigenvalue weighted by Gasteiger charge is -2.50. The molecule has 22 heavy (non-hydrogen) atoms. The first-order chi connectivity index (χ1) is 10.8. The molecule has 0 aromatic carbocycles. The van der Waals surface area contributed by atoms with Gasteiger partial charge in [-0.2, -0.15) is 0 Å². The van der Waals surface area contributed by atoms with E-state index < -0.39 is 0 Å². The Morgan fingerprint density at radius 2 is 1.41 bits per heavy atom. The van der Waals surface area contributed by atoms with E-state index in [1.807, 2.05) is 0 Å². The Hall–Kier alpha value is -0.650. The SMILES string of the molecule is O=C1NCCC1N1CC(N2CCN(C3CCCCC3)CC2)C1. The summed E-state index contributed by atoms with van der Waals surface area (Å²) in [6.07, 6.45) is 8.17. The average molecular weight is 306 g/mol. The van der Waals surface area contributed by atoms with Gasteiger partial charge < -0.3 is 5.32 Å². The Morgan fingerprint density at radius 3 is 2.00 bits per heavy atom. The van der Waals surface area contributed by atoms with Crippen LogP contribution in [-0.2, 0) is 4.79 Å². The number of hydrogen-bond donors (Lipinski definition) is 1. The number of hydrogen-bond acceptors (Lipinski definition) is 4. The molecule has 0 bridgehead atoms. The summed E-state index contributed by atoms with van der Waals surface area (Å²) in [6, 6.07) is 1.73. The number of likely N-dealkylation sites (tertiary alicyclic amines) is 1. The maximum atomic E-state index is 11.7. The lowest BCUT2D eigenvalue weighted by Crippen LogP contribution is -2.66. The third-order valence-electron chi connectivity index (χ3n) is 6.31. The fraction of sp³-hybridized carbons (Fsp3) is 0.941. The largest absolute Gasteiger partial charge is 0.355 e. The van der Waals surface area contributed by atoms with Crippen molar-refractivity contribution >= 4 is 5.91 Å². The van der Waals surface area contributed by atoms with Gasteiger partial charge in [-0.05, 0) is 19.3 Å². The van der Waals surface area contributed by atoms with Crippen LogP contribution in [0.4, 0.5) is 0 Å². The lowest BCUT2D eigenvalue weighted by atomic mass is 9.93. The average Bonchev–Trinajstić information content (AvgIpc) is 2.94.